The largest absolute Gasteiger partial charge is 0.347 e. The van der Waals surface area contributed by atoms with Gasteiger partial charge in [-0.2, -0.15) is 8.42 Å². The summed E-state index contributed by atoms with van der Waals surface area (Å²) < 4.78 is 30.1. The van der Waals surface area contributed by atoms with Gasteiger partial charge < -0.3 is 19.4 Å². The van der Waals surface area contributed by atoms with Gasteiger partial charge in [-0.15, -0.1) is 20.3 Å². The predicted molar refractivity (Wildman–Crippen MR) is 162 cm³/mol. The van der Waals surface area contributed by atoms with Crippen LogP contribution in [0, 0.1) is 0 Å². The molecule has 0 spiro atoms. The van der Waals surface area contributed by atoms with Gasteiger partial charge in [-0.05, 0) is 6.54 Å². The van der Waals surface area contributed by atoms with Crippen LogP contribution in [0.2, 0.25) is 0 Å². The topological polar surface area (TPSA) is 312 Å². The van der Waals surface area contributed by atoms with Gasteiger partial charge in [0.15, 0.2) is 5.25 Å². The van der Waals surface area contributed by atoms with Gasteiger partial charge in [0.25, 0.3) is 57.4 Å². The van der Waals surface area contributed by atoms with Crippen LogP contribution in [0.3, 0.4) is 0 Å². The number of hydroxylamine groups is 8. The Bertz CT molecular complexity index is 1580. The zero-order chi connectivity index (χ0) is 40.2. The van der Waals surface area contributed by atoms with E-state index >= 15 is 0 Å². The van der Waals surface area contributed by atoms with Crippen molar-refractivity contribution in [2.24, 2.45) is 0 Å². The highest BCUT2D eigenvalue weighted by molar-refractivity contribution is 7.87. The fourth-order valence-corrected chi connectivity index (χ4v) is 4.83. The molecule has 4 saturated heterocycles. The van der Waals surface area contributed by atoms with Crippen molar-refractivity contribution in [2.75, 3.05) is 19.6 Å². The SMILES string of the molecule is CCC(=O)ON1C(=O)CC(S(=O)(=O)O)C1=O.CCC(=O)ON1C(=O)CCC1=O.CCN(CC(=O)ON1C(=O)CCC1=O)CC(=O)ON1C(=O)CCC1=O. The van der Waals surface area contributed by atoms with Crippen molar-refractivity contribution in [3.05, 3.63) is 0 Å². The number of hydrogen-bond donors (Lipinski definition) is 1. The van der Waals surface area contributed by atoms with Crippen LogP contribution in [-0.2, 0) is 87.0 Å². The van der Waals surface area contributed by atoms with Crippen LogP contribution in [-0.4, -0.2) is 134 Å². The van der Waals surface area contributed by atoms with Gasteiger partial charge in [0, 0.05) is 51.4 Å². The Balaban J connectivity index is 0.000000298. The molecule has 4 fully saturated rings. The van der Waals surface area contributed by atoms with E-state index in [1.807, 2.05) is 0 Å². The summed E-state index contributed by atoms with van der Waals surface area (Å²) in [5, 5.41) is -0.438. The molecule has 4 aliphatic heterocycles. The lowest BCUT2D eigenvalue weighted by atomic mass is 10.4. The van der Waals surface area contributed by atoms with Gasteiger partial charge in [0.2, 0.25) is 0 Å². The smallest absolute Gasteiger partial charge is 0.330 e. The van der Waals surface area contributed by atoms with Crippen LogP contribution in [0.4, 0.5) is 0 Å². The van der Waals surface area contributed by atoms with Gasteiger partial charge >= 0.3 is 23.9 Å². The summed E-state index contributed by atoms with van der Waals surface area (Å²) in [6.07, 6.45) is -0.464. The highest BCUT2D eigenvalue weighted by Gasteiger charge is 2.48. The molecule has 0 aromatic carbocycles. The Labute approximate surface area is 299 Å². The fraction of sp³-hybridized carbons (Fsp3) is 0.571. The summed E-state index contributed by atoms with van der Waals surface area (Å²) in [6.45, 7) is 4.16. The first-order valence-electron chi connectivity index (χ1n) is 15.7. The van der Waals surface area contributed by atoms with E-state index in [0.29, 0.717) is 15.2 Å². The predicted octanol–water partition coefficient (Wildman–Crippen LogP) is -2.60. The highest BCUT2D eigenvalue weighted by Crippen LogP contribution is 2.20. The minimum Gasteiger partial charge on any atom is -0.330 e. The van der Waals surface area contributed by atoms with Gasteiger partial charge in [0.1, 0.15) is 0 Å². The molecule has 292 valence electrons. The number of nitrogens with zero attached hydrogens (tertiary/aromatic N) is 5. The first-order valence-corrected chi connectivity index (χ1v) is 17.2. The summed E-state index contributed by atoms with van der Waals surface area (Å²) in [4.78, 5) is 154. The summed E-state index contributed by atoms with van der Waals surface area (Å²) in [5.74, 6) is -8.75. The van der Waals surface area contributed by atoms with Crippen LogP contribution in [0.25, 0.3) is 0 Å². The average molecular weight is 778 g/mol. The molecule has 1 N–H and O–H groups in total. The van der Waals surface area contributed by atoms with Gasteiger partial charge in [-0.1, -0.05) is 20.8 Å². The van der Waals surface area contributed by atoms with E-state index in [4.69, 9.17) is 14.2 Å². The molecule has 53 heavy (non-hydrogen) atoms. The number of amides is 8. The van der Waals surface area contributed by atoms with E-state index in [9.17, 15) is 66.0 Å². The second-order valence-corrected chi connectivity index (χ2v) is 12.4. The highest BCUT2D eigenvalue weighted by atomic mass is 32.2. The van der Waals surface area contributed by atoms with Crippen LogP contribution < -0.4 is 0 Å². The van der Waals surface area contributed by atoms with E-state index in [-0.39, 0.29) is 76.1 Å². The first-order chi connectivity index (χ1) is 24.7. The van der Waals surface area contributed by atoms with E-state index in [2.05, 4.69) is 9.68 Å². The van der Waals surface area contributed by atoms with E-state index in [1.54, 1.807) is 13.8 Å². The van der Waals surface area contributed by atoms with Gasteiger partial charge in [-0.25, -0.2) is 19.2 Å². The maximum atomic E-state index is 11.8. The number of likely N-dealkylation sites (N-methyl/N-ethyl adjacent to an activating group) is 1. The molecular weight excluding hydrogens is 742 g/mol. The lowest BCUT2D eigenvalue weighted by Gasteiger charge is -2.20. The number of imide groups is 4. The third-order valence-electron chi connectivity index (χ3n) is 6.94. The molecular formula is C28H35N5O19S. The molecule has 25 heteroatoms. The van der Waals surface area contributed by atoms with Crippen molar-refractivity contribution in [2.45, 2.75) is 83.8 Å². The van der Waals surface area contributed by atoms with E-state index in [0.717, 1.165) is 0 Å². The van der Waals surface area contributed by atoms with Gasteiger partial charge in [0.05, 0.1) is 19.5 Å². The Hall–Kier alpha value is -5.69. The quantitative estimate of drug-likeness (QED) is 0.157. The summed E-state index contributed by atoms with van der Waals surface area (Å²) in [5.41, 5.74) is 0. The zero-order valence-electron chi connectivity index (χ0n) is 28.5. The number of carbonyl (C=O) groups excluding carboxylic acids is 12. The van der Waals surface area contributed by atoms with E-state index < -0.39 is 92.9 Å². The second-order valence-electron chi connectivity index (χ2n) is 10.8. The molecule has 0 aromatic heterocycles. The van der Waals surface area contributed by atoms with Crippen molar-refractivity contribution in [3.8, 4) is 0 Å². The van der Waals surface area contributed by atoms with Crippen molar-refractivity contribution < 1.29 is 89.9 Å². The summed E-state index contributed by atoms with van der Waals surface area (Å²) in [7, 11) is -4.66. The number of rotatable bonds is 12. The van der Waals surface area contributed by atoms with Crippen molar-refractivity contribution in [3.63, 3.8) is 0 Å². The summed E-state index contributed by atoms with van der Waals surface area (Å²) in [6, 6.07) is 0. The van der Waals surface area contributed by atoms with Crippen LogP contribution in [0.1, 0.15) is 78.6 Å². The third-order valence-corrected chi connectivity index (χ3v) is 8.03. The molecule has 1 atom stereocenters. The second kappa shape index (κ2) is 19.2. The molecule has 0 bridgehead atoms. The Morgan fingerprint density at radius 2 is 0.868 bits per heavy atom. The fourth-order valence-electron chi connectivity index (χ4n) is 4.12. The Morgan fingerprint density at radius 1 is 0.566 bits per heavy atom. The zero-order valence-corrected chi connectivity index (χ0v) is 29.3. The Kier molecular flexibility index (Phi) is 15.8. The monoisotopic (exact) mass is 777 g/mol. The maximum absolute atomic E-state index is 11.8. The molecule has 0 saturated carbocycles. The normalized spacial score (nSPS) is 18.6. The summed E-state index contributed by atoms with van der Waals surface area (Å²) >= 11 is 0. The first kappa shape index (κ1) is 43.5. The van der Waals surface area contributed by atoms with E-state index in [1.165, 1.54) is 11.8 Å². The minimum atomic E-state index is -4.66. The van der Waals surface area contributed by atoms with Gasteiger partial charge in [-0.3, -0.25) is 47.8 Å². The third kappa shape index (κ3) is 12.5. The molecule has 1 unspecified atom stereocenters. The lowest BCUT2D eigenvalue weighted by molar-refractivity contribution is -0.201. The molecule has 0 aliphatic carbocycles. The molecule has 0 aromatic rings. The van der Waals surface area contributed by atoms with Crippen LogP contribution in [0.5, 0.6) is 0 Å². The standard InChI is InChI=1S/C14H17N3O8.C7H9NO7S.C7H9NO4/c1-2-15(7-13(22)24-16-9(18)3-4-10(16)19)8-14(23)25-17-11(20)5-6-12(17)21;1-2-6(10)15-8-5(9)3-4(7(8)11)16(12,13)14;1-2-7(11)12-8-5(9)3-4-6(8)10/h2-8H2,1H3;4H,2-3H2,1H3,(H,12,13,14);2-4H2,1H3. The molecule has 4 aliphatic rings. The number of hydrogen-bond acceptors (Lipinski definition) is 19. The average Bonchev–Trinajstić information content (AvgIpc) is 3.79. The lowest BCUT2D eigenvalue weighted by Crippen LogP contribution is -2.41. The molecule has 4 rings (SSSR count). The molecule has 8 amide bonds. The molecule has 4 heterocycles. The van der Waals surface area contributed by atoms with Crippen molar-refractivity contribution >= 4 is 81.3 Å². The number of carbonyl (C=O) groups is 12. The van der Waals surface area contributed by atoms with Crippen LogP contribution >= 0.6 is 0 Å². The Morgan fingerprint density at radius 3 is 1.13 bits per heavy atom. The van der Waals surface area contributed by atoms with Crippen LogP contribution in [0.15, 0.2) is 0 Å². The van der Waals surface area contributed by atoms with Crippen molar-refractivity contribution in [1.82, 2.24) is 25.2 Å². The molecule has 0 radical (unpaired) electrons. The maximum Gasteiger partial charge on any atom is 0.347 e. The minimum absolute atomic E-state index is 0.0200. The van der Waals surface area contributed by atoms with Crippen molar-refractivity contribution in [1.29, 1.82) is 0 Å². The molecule has 24 nitrogen and oxygen atoms in total.